The van der Waals surface area contributed by atoms with Crippen LogP contribution in [-0.4, -0.2) is 4.08 Å². The predicted octanol–water partition coefficient (Wildman–Crippen LogP) is 9.70. The zero-order chi connectivity index (χ0) is 25.2. The van der Waals surface area contributed by atoms with Gasteiger partial charge in [0, 0.05) is 0 Å². The summed E-state index contributed by atoms with van der Waals surface area (Å²) in [5.74, 6) is 0. The summed E-state index contributed by atoms with van der Waals surface area (Å²) in [6.45, 7) is 9.61. The summed E-state index contributed by atoms with van der Waals surface area (Å²) in [5, 5.41) is 0. The van der Waals surface area contributed by atoms with E-state index in [-0.39, 0.29) is 14.2 Å². The maximum Gasteiger partial charge on any atom is 0.105 e. The second-order valence-electron chi connectivity index (χ2n) is 10.9. The van der Waals surface area contributed by atoms with Gasteiger partial charge in [0.2, 0.25) is 0 Å². The molecule has 0 N–H and O–H groups in total. The summed E-state index contributed by atoms with van der Waals surface area (Å²) in [5.41, 5.74) is 15.7. The Morgan fingerprint density at radius 3 is 1.35 bits per heavy atom. The van der Waals surface area contributed by atoms with Crippen LogP contribution in [0.15, 0.2) is 119 Å². The summed E-state index contributed by atoms with van der Waals surface area (Å²) >= 11 is 4.32. The van der Waals surface area contributed by atoms with Crippen molar-refractivity contribution in [2.24, 2.45) is 0 Å². The van der Waals surface area contributed by atoms with E-state index in [1.54, 1.807) is 0 Å². The van der Waals surface area contributed by atoms with Crippen LogP contribution in [0.25, 0.3) is 22.3 Å². The fraction of sp³-hybridized carbons (Fsp3) is 0.200. The molecule has 1 atom stereocenters. The van der Waals surface area contributed by atoms with Crippen molar-refractivity contribution < 1.29 is 0 Å². The molecule has 37 heavy (non-hydrogen) atoms. The second-order valence-corrected chi connectivity index (χ2v) is 14.0. The highest BCUT2D eigenvalue weighted by Gasteiger charge is 2.70. The van der Waals surface area contributed by atoms with Crippen molar-refractivity contribution in [1.29, 1.82) is 0 Å². The average molecular weight is 513 g/mol. The van der Waals surface area contributed by atoms with Crippen molar-refractivity contribution in [2.75, 3.05) is 0 Å². The molecular weight excluding hydrogens is 485 g/mol. The SMILES string of the molecule is CC1=C(C)C2(c3ccccc3-c3ccccc32)C2(S1)SC1(C(C)=C2C)c2ccccc2-c2ccccc21. The lowest BCUT2D eigenvalue weighted by Gasteiger charge is -2.46. The van der Waals surface area contributed by atoms with Gasteiger partial charge in [-0.1, -0.05) is 97.1 Å². The standard InChI is InChI=1S/C35H28S2/c1-21-22(2)35(37-34(21)31-19-11-7-15-27(31)28-16-8-12-20-32(28)34)33(23(3)24(4)36-35)29-17-9-5-13-25(29)26-14-6-10-18-30(26)33/h5-20H,1-4H3. The molecule has 0 bridgehead atoms. The van der Waals surface area contributed by atoms with Gasteiger partial charge in [-0.15, -0.1) is 23.5 Å². The van der Waals surface area contributed by atoms with E-state index in [4.69, 9.17) is 0 Å². The van der Waals surface area contributed by atoms with Crippen LogP contribution in [0.2, 0.25) is 0 Å². The van der Waals surface area contributed by atoms with E-state index in [0.29, 0.717) is 0 Å². The molecule has 180 valence electrons. The van der Waals surface area contributed by atoms with E-state index >= 15 is 0 Å². The monoisotopic (exact) mass is 512 g/mol. The molecule has 4 aromatic carbocycles. The zero-order valence-electron chi connectivity index (χ0n) is 21.6. The highest BCUT2D eigenvalue weighted by atomic mass is 32.2. The third-order valence-corrected chi connectivity index (χ3v) is 13.6. The van der Waals surface area contributed by atoms with Crippen molar-refractivity contribution >= 4 is 23.5 Å². The maximum absolute atomic E-state index is 2.44. The molecule has 0 radical (unpaired) electrons. The molecule has 0 saturated carbocycles. The molecule has 8 rings (SSSR count). The van der Waals surface area contributed by atoms with E-state index in [9.17, 15) is 0 Å². The molecule has 3 spiro atoms. The van der Waals surface area contributed by atoms with Crippen LogP contribution in [0.1, 0.15) is 49.9 Å². The molecular formula is C35H28S2. The number of hydrogen-bond acceptors (Lipinski definition) is 2. The van der Waals surface area contributed by atoms with E-state index in [1.807, 2.05) is 0 Å². The molecule has 4 aliphatic rings. The van der Waals surface area contributed by atoms with Gasteiger partial charge >= 0.3 is 0 Å². The van der Waals surface area contributed by atoms with Gasteiger partial charge in [0.25, 0.3) is 0 Å². The molecule has 0 aromatic heterocycles. The molecule has 0 amide bonds. The first-order valence-corrected chi connectivity index (χ1v) is 14.8. The third kappa shape index (κ3) is 2.25. The zero-order valence-corrected chi connectivity index (χ0v) is 23.2. The summed E-state index contributed by atoms with van der Waals surface area (Å²) in [7, 11) is 0. The van der Waals surface area contributed by atoms with Crippen molar-refractivity contribution in [3.63, 3.8) is 0 Å². The van der Waals surface area contributed by atoms with Gasteiger partial charge in [0.15, 0.2) is 0 Å². The summed E-state index contributed by atoms with van der Waals surface area (Å²) in [6, 6.07) is 36.6. The van der Waals surface area contributed by atoms with Crippen LogP contribution in [0.5, 0.6) is 0 Å². The number of hydrogen-bond donors (Lipinski definition) is 0. The van der Waals surface area contributed by atoms with Gasteiger partial charge in [-0.3, -0.25) is 0 Å². The Kier molecular flexibility index (Phi) is 4.25. The number of thioether (sulfide) groups is 2. The lowest BCUT2D eigenvalue weighted by atomic mass is 9.67. The normalized spacial score (nSPS) is 23.2. The van der Waals surface area contributed by atoms with E-state index < -0.39 is 0 Å². The van der Waals surface area contributed by atoms with E-state index in [2.05, 4.69) is 148 Å². The Bertz CT molecular complexity index is 1640. The van der Waals surface area contributed by atoms with Crippen LogP contribution in [-0.2, 0) is 10.2 Å². The fourth-order valence-electron chi connectivity index (χ4n) is 7.92. The summed E-state index contributed by atoms with van der Waals surface area (Å²) in [4.78, 5) is 1.46. The highest BCUT2D eigenvalue weighted by molar-refractivity contribution is 8.21. The van der Waals surface area contributed by atoms with Crippen LogP contribution in [0.3, 0.4) is 0 Å². The van der Waals surface area contributed by atoms with Crippen LogP contribution < -0.4 is 0 Å². The number of benzene rings is 4. The van der Waals surface area contributed by atoms with Gasteiger partial charge < -0.3 is 0 Å². The first-order chi connectivity index (χ1) is 18.0. The molecule has 0 saturated heterocycles. The second kappa shape index (κ2) is 7.12. The first-order valence-electron chi connectivity index (χ1n) is 13.1. The number of rotatable bonds is 0. The summed E-state index contributed by atoms with van der Waals surface area (Å²) in [6.07, 6.45) is 0. The highest BCUT2D eigenvalue weighted by Crippen LogP contribution is 2.80. The van der Waals surface area contributed by atoms with Gasteiger partial charge in [0.05, 0.1) is 10.2 Å². The summed E-state index contributed by atoms with van der Waals surface area (Å²) < 4.78 is -0.354. The third-order valence-electron chi connectivity index (χ3n) is 9.62. The maximum atomic E-state index is 2.44. The van der Waals surface area contributed by atoms with E-state index in [0.717, 1.165) is 0 Å². The van der Waals surface area contributed by atoms with Crippen LogP contribution in [0.4, 0.5) is 0 Å². The Morgan fingerprint density at radius 2 is 0.865 bits per heavy atom. The van der Waals surface area contributed by atoms with Gasteiger partial charge in [-0.05, 0) is 93.8 Å². The minimum Gasteiger partial charge on any atom is -0.117 e. The van der Waals surface area contributed by atoms with Crippen molar-refractivity contribution in [3.8, 4) is 22.3 Å². The largest absolute Gasteiger partial charge is 0.117 e. The Morgan fingerprint density at radius 1 is 0.459 bits per heavy atom. The quantitative estimate of drug-likeness (QED) is 0.215. The van der Waals surface area contributed by atoms with E-state index in [1.165, 1.54) is 66.1 Å². The molecule has 2 heteroatoms. The molecule has 2 aliphatic carbocycles. The first kappa shape index (κ1) is 22.1. The smallest absolute Gasteiger partial charge is 0.105 e. The topological polar surface area (TPSA) is 0 Å². The number of fused-ring (bicyclic) bond motifs is 11. The Hall–Kier alpha value is -2.94. The Labute approximate surface area is 227 Å². The van der Waals surface area contributed by atoms with Crippen molar-refractivity contribution in [2.45, 2.75) is 41.9 Å². The van der Waals surface area contributed by atoms with Gasteiger partial charge in [-0.2, -0.15) is 0 Å². The Balaban J connectivity index is 1.49. The molecule has 4 aromatic rings. The van der Waals surface area contributed by atoms with Crippen molar-refractivity contribution in [3.05, 3.63) is 141 Å². The molecule has 2 heterocycles. The van der Waals surface area contributed by atoms with Gasteiger partial charge in [0.1, 0.15) is 4.08 Å². The average Bonchev–Trinajstić information content (AvgIpc) is 3.55. The van der Waals surface area contributed by atoms with Gasteiger partial charge in [-0.25, -0.2) is 0 Å². The predicted molar refractivity (Wildman–Crippen MR) is 160 cm³/mol. The number of allylic oxidation sites excluding steroid dienone is 2. The van der Waals surface area contributed by atoms with Crippen molar-refractivity contribution in [1.82, 2.24) is 0 Å². The minimum atomic E-state index is -0.207. The van der Waals surface area contributed by atoms with Crippen LogP contribution >= 0.6 is 23.5 Å². The molecule has 0 fully saturated rings. The molecule has 0 nitrogen and oxygen atoms in total. The molecule has 2 aliphatic heterocycles. The van der Waals surface area contributed by atoms with Crippen LogP contribution in [0, 0.1) is 0 Å². The minimum absolute atomic E-state index is 0.168. The lowest BCUT2D eigenvalue weighted by Crippen LogP contribution is -2.45. The lowest BCUT2D eigenvalue weighted by molar-refractivity contribution is 0.605. The molecule has 1 unspecified atom stereocenters. The fourth-order valence-corrected chi connectivity index (χ4v) is 12.5.